The van der Waals surface area contributed by atoms with Crippen molar-refractivity contribution in [3.05, 3.63) is 69.7 Å². The quantitative estimate of drug-likeness (QED) is 0.725. The number of aromatic nitrogens is 1. The van der Waals surface area contributed by atoms with Crippen LogP contribution in [0, 0.1) is 32.6 Å². The molecule has 2 aliphatic heterocycles. The minimum atomic E-state index is -4.49. The highest BCUT2D eigenvalue weighted by Gasteiger charge is 2.62. The van der Waals surface area contributed by atoms with E-state index in [2.05, 4.69) is 4.98 Å². The van der Waals surface area contributed by atoms with Gasteiger partial charge in [0.2, 0.25) is 0 Å². The molecule has 5 rings (SSSR count). The van der Waals surface area contributed by atoms with Crippen LogP contribution in [0.2, 0.25) is 0 Å². The first-order valence-electron chi connectivity index (χ1n) is 10.3. The molecule has 0 radical (unpaired) electrons. The number of fused-ring (bicyclic) bond motifs is 5. The Bertz CT molecular complexity index is 1100. The second-order valence-corrected chi connectivity index (χ2v) is 8.91. The number of hydrogen-bond donors (Lipinski definition) is 1. The van der Waals surface area contributed by atoms with Gasteiger partial charge < -0.3 is 9.84 Å². The van der Waals surface area contributed by atoms with E-state index in [9.17, 15) is 23.1 Å². The predicted octanol–water partition coefficient (Wildman–Crippen LogP) is 5.06. The molecule has 162 valence electrons. The van der Waals surface area contributed by atoms with Gasteiger partial charge in [0.1, 0.15) is 11.5 Å². The van der Waals surface area contributed by atoms with E-state index in [1.807, 2.05) is 32.9 Å². The van der Waals surface area contributed by atoms with E-state index in [-0.39, 0.29) is 23.6 Å². The summed E-state index contributed by atoms with van der Waals surface area (Å²) in [4.78, 5) is 16.9. The van der Waals surface area contributed by atoms with Crippen LogP contribution in [0.4, 0.5) is 13.2 Å². The first-order chi connectivity index (χ1) is 14.6. The van der Waals surface area contributed by atoms with Crippen LogP contribution in [0.25, 0.3) is 5.57 Å². The minimum Gasteiger partial charge on any atom is -0.511 e. The van der Waals surface area contributed by atoms with E-state index < -0.39 is 29.8 Å². The van der Waals surface area contributed by atoms with Crippen molar-refractivity contribution in [1.29, 1.82) is 0 Å². The number of ether oxygens (including phenoxy) is 1. The van der Waals surface area contributed by atoms with Crippen molar-refractivity contribution in [2.24, 2.45) is 11.8 Å². The summed E-state index contributed by atoms with van der Waals surface area (Å²) in [5.41, 5.74) is 3.79. The van der Waals surface area contributed by atoms with Gasteiger partial charge in [-0.25, -0.2) is 0 Å². The second-order valence-electron chi connectivity index (χ2n) is 8.91. The number of Topliss-reactive ketones (excluding diaryl/α,β-unsaturated/α-hetero) is 1. The molecule has 3 heterocycles. The fourth-order valence-corrected chi connectivity index (χ4v) is 5.80. The first kappa shape index (κ1) is 20.2. The zero-order chi connectivity index (χ0) is 22.2. The molecule has 1 aromatic carbocycles. The molecule has 0 saturated carbocycles. The maximum atomic E-state index is 13.3. The highest BCUT2D eigenvalue weighted by atomic mass is 19.4. The van der Waals surface area contributed by atoms with Gasteiger partial charge >= 0.3 is 6.18 Å². The third-order valence-corrected chi connectivity index (χ3v) is 6.91. The molecule has 7 heteroatoms. The van der Waals surface area contributed by atoms with Crippen LogP contribution in [-0.4, -0.2) is 28.1 Å². The molecule has 0 spiro atoms. The molecule has 1 aromatic heterocycles. The number of aliphatic hydroxyl groups is 1. The minimum absolute atomic E-state index is 0.0436. The number of aliphatic hydroxyl groups excluding tert-OH is 1. The van der Waals surface area contributed by atoms with Crippen molar-refractivity contribution >= 4 is 11.4 Å². The number of alkyl halides is 3. The van der Waals surface area contributed by atoms with Crippen LogP contribution in [0.5, 0.6) is 0 Å². The molecule has 4 nitrogen and oxygen atoms in total. The van der Waals surface area contributed by atoms with Gasteiger partial charge in [-0.1, -0.05) is 23.8 Å². The lowest BCUT2D eigenvalue weighted by atomic mass is 9.72. The summed E-state index contributed by atoms with van der Waals surface area (Å²) >= 11 is 0. The Morgan fingerprint density at radius 1 is 1.10 bits per heavy atom. The van der Waals surface area contributed by atoms with Crippen molar-refractivity contribution in [1.82, 2.24) is 4.98 Å². The summed E-state index contributed by atoms with van der Waals surface area (Å²) in [7, 11) is 0. The number of halogens is 3. The topological polar surface area (TPSA) is 59.4 Å². The predicted molar refractivity (Wildman–Crippen MR) is 107 cm³/mol. The van der Waals surface area contributed by atoms with Crippen LogP contribution in [0.1, 0.15) is 45.8 Å². The number of aryl methyl sites for hydroxylation is 3. The Kier molecular flexibility index (Phi) is 4.35. The molecular formula is C24H22F3NO3. The van der Waals surface area contributed by atoms with E-state index in [0.717, 1.165) is 28.3 Å². The van der Waals surface area contributed by atoms with Crippen molar-refractivity contribution in [2.45, 2.75) is 51.5 Å². The van der Waals surface area contributed by atoms with E-state index in [4.69, 9.17) is 4.74 Å². The van der Waals surface area contributed by atoms with Gasteiger partial charge in [0, 0.05) is 12.1 Å². The molecule has 0 amide bonds. The van der Waals surface area contributed by atoms with Crippen molar-refractivity contribution in [3.8, 4) is 0 Å². The molecule has 3 aliphatic rings. The summed E-state index contributed by atoms with van der Waals surface area (Å²) in [6, 6.07) is 6.38. The first-order valence-corrected chi connectivity index (χ1v) is 10.3. The van der Waals surface area contributed by atoms with E-state index in [0.29, 0.717) is 17.6 Å². The summed E-state index contributed by atoms with van der Waals surface area (Å²) in [6.07, 6.45) is -3.55. The van der Waals surface area contributed by atoms with Crippen LogP contribution in [0.3, 0.4) is 0 Å². The zero-order valence-electron chi connectivity index (χ0n) is 17.3. The van der Waals surface area contributed by atoms with Crippen LogP contribution in [0.15, 0.2) is 36.2 Å². The molecular weight excluding hydrogens is 407 g/mol. The van der Waals surface area contributed by atoms with Crippen molar-refractivity contribution in [2.75, 3.05) is 0 Å². The monoisotopic (exact) mass is 429 g/mol. The maximum Gasteiger partial charge on any atom is 0.433 e. The number of rotatable bonds is 2. The maximum absolute atomic E-state index is 13.3. The molecule has 2 bridgehead atoms. The molecule has 1 aliphatic carbocycles. The van der Waals surface area contributed by atoms with Gasteiger partial charge in [0.15, 0.2) is 5.78 Å². The number of benzene rings is 1. The molecule has 1 N–H and O–H groups in total. The Labute approximate surface area is 177 Å². The second kappa shape index (κ2) is 6.66. The number of allylic oxidation sites excluding steroid dienone is 1. The molecule has 2 fully saturated rings. The average molecular weight is 429 g/mol. The lowest BCUT2D eigenvalue weighted by Gasteiger charge is -2.27. The normalized spacial score (nSPS) is 29.7. The van der Waals surface area contributed by atoms with Crippen LogP contribution >= 0.6 is 0 Å². The lowest BCUT2D eigenvalue weighted by Crippen LogP contribution is -2.33. The summed E-state index contributed by atoms with van der Waals surface area (Å²) in [5.74, 6) is -1.20. The third-order valence-electron chi connectivity index (χ3n) is 6.91. The number of ketones is 1. The zero-order valence-corrected chi connectivity index (χ0v) is 17.3. The SMILES string of the molecule is Cc1cc(C)c(C2=C(O)[C@@H]3[C@@H]4O[C@@H](C[C@H]4c4ccc(C(F)(F)F)nc4)[C@@H]3C2=O)c(C)c1. The summed E-state index contributed by atoms with van der Waals surface area (Å²) in [5, 5.41) is 11.2. The van der Waals surface area contributed by atoms with E-state index >= 15 is 0 Å². The molecule has 5 atom stereocenters. The number of pyridine rings is 1. The fourth-order valence-electron chi connectivity index (χ4n) is 5.80. The lowest BCUT2D eigenvalue weighted by molar-refractivity contribution is -0.141. The van der Waals surface area contributed by atoms with Gasteiger partial charge in [-0.3, -0.25) is 9.78 Å². The Balaban J connectivity index is 1.51. The number of hydrogen-bond acceptors (Lipinski definition) is 4. The van der Waals surface area contributed by atoms with Gasteiger partial charge in [0.25, 0.3) is 0 Å². The van der Waals surface area contributed by atoms with E-state index in [1.54, 1.807) is 0 Å². The Hall–Kier alpha value is -2.67. The van der Waals surface area contributed by atoms with Crippen LogP contribution < -0.4 is 0 Å². The number of carbonyl (C=O) groups is 1. The molecule has 2 saturated heterocycles. The fraction of sp³-hybridized carbons (Fsp3) is 0.417. The van der Waals surface area contributed by atoms with Gasteiger partial charge in [-0.15, -0.1) is 0 Å². The van der Waals surface area contributed by atoms with E-state index in [1.165, 1.54) is 12.3 Å². The largest absolute Gasteiger partial charge is 0.511 e. The smallest absolute Gasteiger partial charge is 0.433 e. The Morgan fingerprint density at radius 3 is 2.35 bits per heavy atom. The van der Waals surface area contributed by atoms with Crippen molar-refractivity contribution in [3.63, 3.8) is 0 Å². The summed E-state index contributed by atoms with van der Waals surface area (Å²) < 4.78 is 44.6. The third kappa shape index (κ3) is 2.93. The standard InChI is InChI=1S/C24H22F3NO3/c1-10-6-11(2)17(12(3)7-10)19-21(29)18-15-8-14(23(31-15)20(18)22(19)30)13-4-5-16(28-9-13)24(25,26)27/h4-7,9,14-15,18,20,23,30H,8H2,1-3H3/t14-,15-,18-,20+,23+/m0/s1. The van der Waals surface area contributed by atoms with Gasteiger partial charge in [0.05, 0.1) is 29.6 Å². The highest BCUT2D eigenvalue weighted by molar-refractivity contribution is 6.26. The van der Waals surface area contributed by atoms with Gasteiger partial charge in [-0.05, 0) is 55.5 Å². The number of nitrogens with zero attached hydrogens (tertiary/aromatic N) is 1. The summed E-state index contributed by atoms with van der Waals surface area (Å²) in [6.45, 7) is 5.84. The highest BCUT2D eigenvalue weighted by Crippen LogP contribution is 2.58. The van der Waals surface area contributed by atoms with Crippen LogP contribution in [-0.2, 0) is 15.7 Å². The number of carbonyl (C=O) groups excluding carboxylic acids is 1. The molecule has 31 heavy (non-hydrogen) atoms. The van der Waals surface area contributed by atoms with Gasteiger partial charge in [-0.2, -0.15) is 13.2 Å². The molecule has 2 aromatic rings. The molecule has 0 unspecified atom stereocenters. The Morgan fingerprint density at radius 2 is 1.77 bits per heavy atom. The van der Waals surface area contributed by atoms with Crippen molar-refractivity contribution < 1.29 is 27.8 Å². The average Bonchev–Trinajstić information content (AvgIpc) is 3.34.